The molecule has 0 aliphatic carbocycles. The third kappa shape index (κ3) is 6.34. The van der Waals surface area contributed by atoms with Gasteiger partial charge in [-0.2, -0.15) is 0 Å². The van der Waals surface area contributed by atoms with Gasteiger partial charge < -0.3 is 10.1 Å². The topological polar surface area (TPSA) is 72.5 Å². The second kappa shape index (κ2) is 10.4. The Balaban J connectivity index is 1.90. The molecule has 0 radical (unpaired) electrons. The first-order valence-electron chi connectivity index (χ1n) is 9.55. The van der Waals surface area contributed by atoms with Crippen molar-refractivity contribution < 1.29 is 19.1 Å². The highest BCUT2D eigenvalue weighted by molar-refractivity contribution is 5.99. The minimum Gasteiger partial charge on any atom is -0.457 e. The van der Waals surface area contributed by atoms with E-state index in [0.29, 0.717) is 24.1 Å². The summed E-state index contributed by atoms with van der Waals surface area (Å²) in [6.07, 6.45) is 1.04. The van der Waals surface area contributed by atoms with Gasteiger partial charge in [0, 0.05) is 17.7 Å². The average Bonchev–Trinajstić information content (AvgIpc) is 2.67. The molecule has 0 bridgehead atoms. The van der Waals surface area contributed by atoms with Crippen LogP contribution in [0.3, 0.4) is 0 Å². The molecule has 1 atom stereocenters. The Morgan fingerprint density at radius 2 is 1.61 bits per heavy atom. The first-order chi connectivity index (χ1) is 13.4. The maximum absolute atomic E-state index is 12.4. The molecular weight excluding hydrogens is 354 g/mol. The number of ketones is 1. The lowest BCUT2D eigenvalue weighted by molar-refractivity contribution is -0.144. The average molecular weight is 381 g/mol. The summed E-state index contributed by atoms with van der Waals surface area (Å²) in [4.78, 5) is 36.5. The molecule has 2 aromatic rings. The lowest BCUT2D eigenvalue weighted by Gasteiger charge is -2.14. The Labute approximate surface area is 166 Å². The summed E-state index contributed by atoms with van der Waals surface area (Å²) in [6.45, 7) is 5.56. The molecule has 5 nitrogen and oxygen atoms in total. The largest absolute Gasteiger partial charge is 0.457 e. The molecule has 0 aromatic heterocycles. The Morgan fingerprint density at radius 3 is 2.18 bits per heavy atom. The van der Waals surface area contributed by atoms with E-state index in [1.54, 1.807) is 24.3 Å². The van der Waals surface area contributed by atoms with Crippen LogP contribution in [0.5, 0.6) is 0 Å². The summed E-state index contributed by atoms with van der Waals surface area (Å²) in [5.41, 5.74) is 1.95. The van der Waals surface area contributed by atoms with Crippen molar-refractivity contribution in [3.63, 3.8) is 0 Å². The zero-order valence-electron chi connectivity index (χ0n) is 16.6. The molecule has 1 amide bonds. The van der Waals surface area contributed by atoms with Gasteiger partial charge in [0.05, 0.1) is 5.92 Å². The van der Waals surface area contributed by atoms with Crippen molar-refractivity contribution >= 4 is 23.3 Å². The van der Waals surface area contributed by atoms with E-state index >= 15 is 0 Å². The summed E-state index contributed by atoms with van der Waals surface area (Å²) < 4.78 is 5.25. The highest BCUT2D eigenvalue weighted by Crippen LogP contribution is 2.21. The van der Waals surface area contributed by atoms with Gasteiger partial charge in [0.15, 0.2) is 12.4 Å². The van der Waals surface area contributed by atoms with Crippen molar-refractivity contribution in [1.82, 2.24) is 0 Å². The van der Waals surface area contributed by atoms with E-state index in [9.17, 15) is 14.4 Å². The predicted molar refractivity (Wildman–Crippen MR) is 109 cm³/mol. The van der Waals surface area contributed by atoms with E-state index in [-0.39, 0.29) is 30.1 Å². The lowest BCUT2D eigenvalue weighted by Crippen LogP contribution is -2.20. The van der Waals surface area contributed by atoms with E-state index in [4.69, 9.17) is 4.74 Å². The number of nitrogens with one attached hydrogen (secondary N) is 1. The van der Waals surface area contributed by atoms with Gasteiger partial charge in [-0.05, 0) is 42.2 Å². The van der Waals surface area contributed by atoms with Crippen LogP contribution in [-0.4, -0.2) is 24.3 Å². The molecule has 28 heavy (non-hydrogen) atoms. The van der Waals surface area contributed by atoms with Crippen LogP contribution in [0.4, 0.5) is 5.69 Å². The second-order valence-electron chi connectivity index (χ2n) is 7.13. The summed E-state index contributed by atoms with van der Waals surface area (Å²) in [5.74, 6) is -0.851. The molecule has 5 heteroatoms. The predicted octanol–water partition coefficient (Wildman–Crippen LogP) is 4.59. The summed E-state index contributed by atoms with van der Waals surface area (Å²) >= 11 is 0. The van der Waals surface area contributed by atoms with Gasteiger partial charge in [0.1, 0.15) is 0 Å². The van der Waals surface area contributed by atoms with E-state index in [2.05, 4.69) is 5.32 Å². The van der Waals surface area contributed by atoms with Gasteiger partial charge >= 0.3 is 5.97 Å². The number of rotatable bonds is 9. The number of Topliss-reactive ketones (excluding diaryl/α,β-unsaturated/α-hetero) is 1. The first kappa shape index (κ1) is 21.4. The minimum absolute atomic E-state index is 0.0606. The van der Waals surface area contributed by atoms with Gasteiger partial charge in [-0.25, -0.2) is 0 Å². The Hall–Kier alpha value is -2.95. The van der Waals surface area contributed by atoms with Crippen molar-refractivity contribution in [2.24, 2.45) is 5.92 Å². The molecule has 2 rings (SSSR count). The number of carbonyl (C=O) groups excluding carboxylic acids is 3. The van der Waals surface area contributed by atoms with Crippen LogP contribution in [0.1, 0.15) is 55.5 Å². The maximum Gasteiger partial charge on any atom is 0.313 e. The fraction of sp³-hybridized carbons (Fsp3) is 0.348. The summed E-state index contributed by atoms with van der Waals surface area (Å²) in [6, 6.07) is 16.0. The minimum atomic E-state index is -0.403. The van der Waals surface area contributed by atoms with Crippen molar-refractivity contribution in [2.45, 2.75) is 39.5 Å². The van der Waals surface area contributed by atoms with Crippen LogP contribution < -0.4 is 5.32 Å². The number of hydrogen-bond acceptors (Lipinski definition) is 4. The Kier molecular flexibility index (Phi) is 7.93. The quantitative estimate of drug-likeness (QED) is 0.509. The number of anilines is 1. The van der Waals surface area contributed by atoms with Crippen molar-refractivity contribution in [2.75, 3.05) is 11.9 Å². The highest BCUT2D eigenvalue weighted by Gasteiger charge is 2.21. The normalized spacial score (nSPS) is 11.7. The third-order valence-electron chi connectivity index (χ3n) is 4.32. The van der Waals surface area contributed by atoms with Gasteiger partial charge in [-0.1, -0.05) is 51.1 Å². The van der Waals surface area contributed by atoms with Crippen molar-refractivity contribution in [3.05, 3.63) is 65.7 Å². The molecule has 1 N–H and O–H groups in total. The SMILES string of the molecule is CCC(C(=O)OCC(=O)c1ccc(NC(=O)CC(C)C)cc1)c1ccccc1. The van der Waals surface area contributed by atoms with E-state index in [1.165, 1.54) is 0 Å². The monoisotopic (exact) mass is 381 g/mol. The molecule has 148 valence electrons. The number of esters is 1. The molecule has 0 saturated carbocycles. The van der Waals surface area contributed by atoms with Gasteiger partial charge in [-0.3, -0.25) is 14.4 Å². The molecule has 0 spiro atoms. The molecule has 0 fully saturated rings. The maximum atomic E-state index is 12.4. The van der Waals surface area contributed by atoms with E-state index in [1.807, 2.05) is 51.1 Å². The lowest BCUT2D eigenvalue weighted by atomic mass is 9.97. The fourth-order valence-electron chi connectivity index (χ4n) is 2.87. The van der Waals surface area contributed by atoms with Crippen molar-refractivity contribution in [1.29, 1.82) is 0 Å². The van der Waals surface area contributed by atoms with Crippen LogP contribution in [0.2, 0.25) is 0 Å². The van der Waals surface area contributed by atoms with E-state index < -0.39 is 5.97 Å². The van der Waals surface area contributed by atoms with Crippen LogP contribution in [0.25, 0.3) is 0 Å². The van der Waals surface area contributed by atoms with E-state index in [0.717, 1.165) is 5.56 Å². The number of hydrogen-bond donors (Lipinski definition) is 1. The molecule has 0 aliphatic rings. The third-order valence-corrected chi connectivity index (χ3v) is 4.32. The molecule has 1 unspecified atom stereocenters. The molecular formula is C23H27NO4. The van der Waals surface area contributed by atoms with Crippen LogP contribution in [0, 0.1) is 5.92 Å². The molecule has 0 aliphatic heterocycles. The fourth-order valence-corrected chi connectivity index (χ4v) is 2.87. The molecule has 0 saturated heterocycles. The number of amides is 1. The van der Waals surface area contributed by atoms with Gasteiger partial charge in [-0.15, -0.1) is 0 Å². The zero-order valence-corrected chi connectivity index (χ0v) is 16.6. The zero-order chi connectivity index (χ0) is 20.5. The highest BCUT2D eigenvalue weighted by atomic mass is 16.5. The Bertz CT molecular complexity index is 797. The Morgan fingerprint density at radius 1 is 0.964 bits per heavy atom. The number of ether oxygens (including phenoxy) is 1. The molecule has 2 aromatic carbocycles. The standard InChI is InChI=1S/C23H27NO4/c1-4-20(17-8-6-5-7-9-17)23(27)28-15-21(25)18-10-12-19(13-11-18)24-22(26)14-16(2)3/h5-13,16,20H,4,14-15H2,1-3H3,(H,24,26). The van der Waals surface area contributed by atoms with Gasteiger partial charge in [0.25, 0.3) is 0 Å². The number of benzene rings is 2. The van der Waals surface area contributed by atoms with Crippen LogP contribution >= 0.6 is 0 Å². The van der Waals surface area contributed by atoms with Crippen molar-refractivity contribution in [3.8, 4) is 0 Å². The number of carbonyl (C=O) groups is 3. The van der Waals surface area contributed by atoms with Gasteiger partial charge in [0.2, 0.25) is 5.91 Å². The van der Waals surface area contributed by atoms with Crippen LogP contribution in [-0.2, 0) is 14.3 Å². The summed E-state index contributed by atoms with van der Waals surface area (Å²) in [5, 5.41) is 2.79. The molecule has 0 heterocycles. The smallest absolute Gasteiger partial charge is 0.313 e. The first-order valence-corrected chi connectivity index (χ1v) is 9.55. The van der Waals surface area contributed by atoms with Crippen LogP contribution in [0.15, 0.2) is 54.6 Å². The summed E-state index contributed by atoms with van der Waals surface area (Å²) in [7, 11) is 0. The second-order valence-corrected chi connectivity index (χ2v) is 7.13.